The summed E-state index contributed by atoms with van der Waals surface area (Å²) < 4.78 is 5.49. The zero-order valence-electron chi connectivity index (χ0n) is 10.5. The molecule has 0 saturated carbocycles. The number of ether oxygens (including phenoxy) is 1. The number of oxime groups is 1. The lowest BCUT2D eigenvalue weighted by molar-refractivity contribution is -0.136. The van der Waals surface area contributed by atoms with Crippen LogP contribution in [-0.4, -0.2) is 18.3 Å². The number of hydrogen-bond acceptors (Lipinski definition) is 4. The molecule has 0 amide bonds. The molecule has 0 bridgehead atoms. The minimum absolute atomic E-state index is 0.404. The van der Waals surface area contributed by atoms with Crippen LogP contribution >= 0.6 is 0 Å². The smallest absolute Gasteiger partial charge is 0.367 e. The third-order valence-electron chi connectivity index (χ3n) is 2.54. The van der Waals surface area contributed by atoms with E-state index in [4.69, 9.17) is 4.74 Å². The van der Waals surface area contributed by atoms with Crippen molar-refractivity contribution in [1.82, 2.24) is 0 Å². The highest BCUT2D eigenvalue weighted by molar-refractivity contribution is 6.24. The first-order valence-electron chi connectivity index (χ1n) is 5.91. The van der Waals surface area contributed by atoms with E-state index >= 15 is 0 Å². The van der Waals surface area contributed by atoms with Gasteiger partial charge >= 0.3 is 5.97 Å². The molecule has 0 aliphatic carbocycles. The van der Waals surface area contributed by atoms with E-state index in [0.29, 0.717) is 17.9 Å². The molecule has 0 saturated heterocycles. The second-order valence-electron chi connectivity index (χ2n) is 4.03. The van der Waals surface area contributed by atoms with Crippen LogP contribution in [0.3, 0.4) is 0 Å². The molecule has 1 aromatic carbocycles. The maximum atomic E-state index is 11.4. The zero-order valence-corrected chi connectivity index (χ0v) is 10.5. The van der Waals surface area contributed by atoms with Crippen molar-refractivity contribution in [2.75, 3.05) is 6.61 Å². The zero-order chi connectivity index (χ0) is 13.0. The maximum absolute atomic E-state index is 11.4. The molecular formula is C14H15NO3. The molecule has 1 aromatic rings. The van der Waals surface area contributed by atoms with Crippen LogP contribution < -0.4 is 4.74 Å². The molecule has 0 N–H and O–H groups in total. The number of carbonyl (C=O) groups excluding carboxylic acids is 1. The Bertz CT molecular complexity index is 500. The van der Waals surface area contributed by atoms with Gasteiger partial charge in [0.1, 0.15) is 5.75 Å². The minimum Gasteiger partial charge on any atom is -0.494 e. The van der Waals surface area contributed by atoms with E-state index < -0.39 is 5.97 Å². The molecule has 0 radical (unpaired) electrons. The third kappa shape index (κ3) is 2.77. The summed E-state index contributed by atoms with van der Waals surface area (Å²) in [7, 11) is 0. The Morgan fingerprint density at radius 2 is 2.06 bits per heavy atom. The van der Waals surface area contributed by atoms with Gasteiger partial charge in [0, 0.05) is 0 Å². The van der Waals surface area contributed by atoms with Crippen molar-refractivity contribution in [1.29, 1.82) is 0 Å². The quantitative estimate of drug-likeness (QED) is 0.605. The average molecular weight is 245 g/mol. The summed E-state index contributed by atoms with van der Waals surface area (Å²) >= 11 is 0. The lowest BCUT2D eigenvalue weighted by Gasteiger charge is -2.04. The Morgan fingerprint density at radius 3 is 2.61 bits per heavy atom. The van der Waals surface area contributed by atoms with Gasteiger partial charge in [-0.15, -0.1) is 0 Å². The third-order valence-corrected chi connectivity index (χ3v) is 2.54. The first kappa shape index (κ1) is 12.4. The highest BCUT2D eigenvalue weighted by Crippen LogP contribution is 2.18. The number of hydrogen-bond donors (Lipinski definition) is 0. The molecular weight excluding hydrogens is 230 g/mol. The fourth-order valence-corrected chi connectivity index (χ4v) is 1.57. The highest BCUT2D eigenvalue weighted by Gasteiger charge is 2.21. The van der Waals surface area contributed by atoms with Crippen LogP contribution in [0.15, 0.2) is 35.0 Å². The van der Waals surface area contributed by atoms with E-state index in [0.717, 1.165) is 17.7 Å². The lowest BCUT2D eigenvalue weighted by atomic mass is 10.1. The monoisotopic (exact) mass is 245 g/mol. The van der Waals surface area contributed by atoms with Gasteiger partial charge in [-0.2, -0.15) is 0 Å². The largest absolute Gasteiger partial charge is 0.494 e. The van der Waals surface area contributed by atoms with E-state index in [1.165, 1.54) is 0 Å². The van der Waals surface area contributed by atoms with Gasteiger partial charge < -0.3 is 9.57 Å². The van der Waals surface area contributed by atoms with Gasteiger partial charge in [0.2, 0.25) is 0 Å². The van der Waals surface area contributed by atoms with Gasteiger partial charge in [-0.1, -0.05) is 24.2 Å². The van der Waals surface area contributed by atoms with Crippen molar-refractivity contribution in [3.05, 3.63) is 35.4 Å². The summed E-state index contributed by atoms with van der Waals surface area (Å²) in [6, 6.07) is 7.57. The van der Waals surface area contributed by atoms with Crippen LogP contribution in [0, 0.1) is 0 Å². The Balaban J connectivity index is 2.13. The van der Waals surface area contributed by atoms with Gasteiger partial charge in [-0.25, -0.2) is 4.79 Å². The molecule has 18 heavy (non-hydrogen) atoms. The molecule has 4 heteroatoms. The maximum Gasteiger partial charge on any atom is 0.367 e. The molecule has 94 valence electrons. The topological polar surface area (TPSA) is 47.9 Å². The van der Waals surface area contributed by atoms with Crippen LogP contribution in [0.1, 0.15) is 25.8 Å². The van der Waals surface area contributed by atoms with Crippen LogP contribution in [-0.2, 0) is 9.63 Å². The standard InChI is InChI=1S/C14H15NO3/c1-3-8-17-12-6-4-11(5-7-12)9-13-10(2)15-18-14(13)16/h4-7,9H,3,8H2,1-2H3/b13-9+. The Kier molecular flexibility index (Phi) is 3.77. The number of rotatable bonds is 4. The molecule has 2 rings (SSSR count). The lowest BCUT2D eigenvalue weighted by Crippen LogP contribution is -2.01. The molecule has 1 aliphatic rings. The van der Waals surface area contributed by atoms with Gasteiger partial charge in [-0.05, 0) is 37.1 Å². The van der Waals surface area contributed by atoms with Gasteiger partial charge in [-0.3, -0.25) is 0 Å². The van der Waals surface area contributed by atoms with Crippen molar-refractivity contribution < 1.29 is 14.4 Å². The second kappa shape index (κ2) is 5.49. The van der Waals surface area contributed by atoms with E-state index in [1.54, 1.807) is 13.0 Å². The summed E-state index contributed by atoms with van der Waals surface area (Å²) in [6.45, 7) is 4.51. The van der Waals surface area contributed by atoms with E-state index in [9.17, 15) is 4.79 Å². The van der Waals surface area contributed by atoms with Gasteiger partial charge in [0.05, 0.1) is 17.9 Å². The van der Waals surface area contributed by atoms with Gasteiger partial charge in [0.15, 0.2) is 0 Å². The first-order valence-corrected chi connectivity index (χ1v) is 5.91. The molecule has 4 nitrogen and oxygen atoms in total. The molecule has 0 spiro atoms. The van der Waals surface area contributed by atoms with E-state index in [2.05, 4.69) is 16.9 Å². The van der Waals surface area contributed by atoms with Crippen molar-refractivity contribution >= 4 is 17.8 Å². The minimum atomic E-state index is -0.404. The van der Waals surface area contributed by atoms with Crippen LogP contribution in [0.5, 0.6) is 5.75 Å². The summed E-state index contributed by atoms with van der Waals surface area (Å²) in [4.78, 5) is 16.0. The van der Waals surface area contributed by atoms with Crippen molar-refractivity contribution in [3.8, 4) is 5.75 Å². The number of benzene rings is 1. The SMILES string of the molecule is CCCOc1ccc(/C=C2/C(=O)ON=C2C)cc1. The molecule has 0 fully saturated rings. The summed E-state index contributed by atoms with van der Waals surface area (Å²) in [5.74, 6) is 0.428. The van der Waals surface area contributed by atoms with Crippen molar-refractivity contribution in [2.24, 2.45) is 5.16 Å². The molecule has 0 atom stereocenters. The Labute approximate surface area is 106 Å². The fourth-order valence-electron chi connectivity index (χ4n) is 1.57. The number of nitrogens with zero attached hydrogens (tertiary/aromatic N) is 1. The van der Waals surface area contributed by atoms with Crippen molar-refractivity contribution in [3.63, 3.8) is 0 Å². The van der Waals surface area contributed by atoms with Crippen LogP contribution in [0.4, 0.5) is 0 Å². The molecule has 1 heterocycles. The number of carbonyl (C=O) groups is 1. The normalized spacial score (nSPS) is 16.7. The first-order chi connectivity index (χ1) is 8.70. The predicted molar refractivity (Wildman–Crippen MR) is 69.4 cm³/mol. The van der Waals surface area contributed by atoms with Gasteiger partial charge in [0.25, 0.3) is 0 Å². The second-order valence-corrected chi connectivity index (χ2v) is 4.03. The fraction of sp³-hybridized carbons (Fsp3) is 0.286. The van der Waals surface area contributed by atoms with E-state index in [-0.39, 0.29) is 0 Å². The van der Waals surface area contributed by atoms with Crippen molar-refractivity contribution in [2.45, 2.75) is 20.3 Å². The highest BCUT2D eigenvalue weighted by atomic mass is 16.7. The van der Waals surface area contributed by atoms with Crippen LogP contribution in [0.25, 0.3) is 6.08 Å². The Morgan fingerprint density at radius 1 is 1.33 bits per heavy atom. The average Bonchev–Trinajstić information content (AvgIpc) is 2.70. The van der Waals surface area contributed by atoms with Crippen LogP contribution in [0.2, 0.25) is 0 Å². The molecule has 1 aliphatic heterocycles. The summed E-state index contributed by atoms with van der Waals surface area (Å²) in [6.07, 6.45) is 2.74. The molecule has 0 unspecified atom stereocenters. The molecule has 0 aromatic heterocycles. The summed E-state index contributed by atoms with van der Waals surface area (Å²) in [5.41, 5.74) is 2.02. The Hall–Kier alpha value is -2.10. The summed E-state index contributed by atoms with van der Waals surface area (Å²) in [5, 5.41) is 3.63. The predicted octanol–water partition coefficient (Wildman–Crippen LogP) is 2.79. The van der Waals surface area contributed by atoms with E-state index in [1.807, 2.05) is 24.3 Å².